The van der Waals surface area contributed by atoms with Crippen LogP contribution in [0.15, 0.2) is 24.3 Å². The van der Waals surface area contributed by atoms with Gasteiger partial charge in [0, 0.05) is 26.6 Å². The molecule has 4 rings (SSSR count). The normalized spacial score (nSPS) is 42.9. The van der Waals surface area contributed by atoms with Crippen molar-refractivity contribution in [2.75, 3.05) is 41.1 Å². The second kappa shape index (κ2) is 11.2. The van der Waals surface area contributed by atoms with Crippen molar-refractivity contribution in [3.8, 4) is 5.75 Å². The van der Waals surface area contributed by atoms with Gasteiger partial charge in [0.05, 0.1) is 30.5 Å². The molecule has 10 atom stereocenters. The van der Waals surface area contributed by atoms with Crippen LogP contribution < -0.4 is 14.8 Å². The number of ether oxygens (including phenoxy) is 4. The molecule has 0 radical (unpaired) electrons. The summed E-state index contributed by atoms with van der Waals surface area (Å²) in [6.07, 6.45) is -2.53. The predicted molar refractivity (Wildman–Crippen MR) is 149 cm³/mol. The fourth-order valence-corrected chi connectivity index (χ4v) is 7.36. The summed E-state index contributed by atoms with van der Waals surface area (Å²) in [7, 11) is 3.23. The zero-order chi connectivity index (χ0) is 30.6. The number of hydrogen-bond acceptors (Lipinski definition) is 13. The number of methoxy groups -OCH3 is 1. The number of hydrogen-bond donors (Lipinski definition) is 5. The Kier molecular flexibility index (Phi) is 8.91. The van der Waals surface area contributed by atoms with Crippen LogP contribution in [0.3, 0.4) is 0 Å². The van der Waals surface area contributed by atoms with Gasteiger partial charge in [0.15, 0.2) is 0 Å². The van der Waals surface area contributed by atoms with E-state index in [0.717, 1.165) is 11.8 Å². The van der Waals surface area contributed by atoms with Crippen LogP contribution in [0.1, 0.15) is 32.8 Å². The van der Waals surface area contributed by atoms with Gasteiger partial charge in [-0.2, -0.15) is 8.42 Å². The number of nitrogens with one attached hydrogen (secondary N) is 2. The summed E-state index contributed by atoms with van der Waals surface area (Å²) in [5.74, 6) is -2.12. The van der Waals surface area contributed by atoms with Gasteiger partial charge in [0.25, 0.3) is 0 Å². The standard InChI is InChI=1S/C27H45N3O10S/c1-16-13-26(32,15-29-14-17-9-11-18(12-10-17)39-41(8,34)35)27(33)23(37-16)38-25(3)22(36-7)19(28-4)20(31)21(30(5)6)24(25,2)40-27/h9-12,16,19-23,28-29,31-33H,13-15H2,1-8H3/t16-,19-,20+,21+,22+,23+,24-,25?,26-,27-/m1/s1. The van der Waals surface area contributed by atoms with Crippen molar-refractivity contribution in [1.29, 1.82) is 0 Å². The van der Waals surface area contributed by atoms with Gasteiger partial charge >= 0.3 is 10.1 Å². The summed E-state index contributed by atoms with van der Waals surface area (Å²) < 4.78 is 52.7. The van der Waals surface area contributed by atoms with Gasteiger partial charge in [0.1, 0.15) is 28.7 Å². The van der Waals surface area contributed by atoms with Gasteiger partial charge in [-0.25, -0.2) is 0 Å². The highest BCUT2D eigenvalue weighted by Crippen LogP contribution is 2.56. The molecule has 5 N–H and O–H groups in total. The Morgan fingerprint density at radius 2 is 1.78 bits per heavy atom. The minimum atomic E-state index is -3.64. The SMILES string of the molecule is CN[C@@H]1[C@H](O)[C@H](N(C)C)[C@@]2(C)O[C@]3(O)[C@@H](O[C@H](C)C[C@@]3(O)CNCc3ccc(OS(C)(=O)=O)cc3)OC2(C)[C@H]1OC. The lowest BCUT2D eigenvalue weighted by Crippen LogP contribution is -2.88. The lowest BCUT2D eigenvalue weighted by Gasteiger charge is -2.69. The highest BCUT2D eigenvalue weighted by molar-refractivity contribution is 7.86. The van der Waals surface area contributed by atoms with Crippen LogP contribution in [0.2, 0.25) is 0 Å². The summed E-state index contributed by atoms with van der Waals surface area (Å²) in [4.78, 5) is 1.81. The Hall–Kier alpha value is -1.43. The van der Waals surface area contributed by atoms with Crippen molar-refractivity contribution in [1.82, 2.24) is 15.5 Å². The molecular formula is C27H45N3O10S. The Morgan fingerprint density at radius 3 is 2.32 bits per heavy atom. The first-order valence-corrected chi connectivity index (χ1v) is 15.5. The Bertz CT molecular complexity index is 1190. The first-order valence-electron chi connectivity index (χ1n) is 13.7. The molecule has 0 spiro atoms. The molecule has 1 aromatic carbocycles. The third-order valence-electron chi connectivity index (χ3n) is 8.86. The van der Waals surface area contributed by atoms with Crippen LogP contribution in [-0.4, -0.2) is 129 Å². The number of nitrogens with zero attached hydrogens (tertiary/aromatic N) is 1. The maximum atomic E-state index is 12.2. The fourth-order valence-electron chi connectivity index (χ4n) is 6.90. The average molecular weight is 604 g/mol. The maximum Gasteiger partial charge on any atom is 0.306 e. The van der Waals surface area contributed by atoms with Crippen molar-refractivity contribution >= 4 is 10.1 Å². The van der Waals surface area contributed by atoms with Crippen molar-refractivity contribution in [3.05, 3.63) is 29.8 Å². The van der Waals surface area contributed by atoms with E-state index in [-0.39, 0.29) is 18.7 Å². The van der Waals surface area contributed by atoms with Crippen LogP contribution >= 0.6 is 0 Å². The van der Waals surface area contributed by atoms with Crippen LogP contribution in [0.4, 0.5) is 0 Å². The second-order valence-corrected chi connectivity index (χ2v) is 13.6. The topological polar surface area (TPSA) is 168 Å². The largest absolute Gasteiger partial charge is 0.390 e. The van der Waals surface area contributed by atoms with Gasteiger partial charge in [-0.1, -0.05) is 12.1 Å². The number of aliphatic hydroxyl groups excluding tert-OH is 1. The van der Waals surface area contributed by atoms with E-state index in [1.54, 1.807) is 47.1 Å². The van der Waals surface area contributed by atoms with Crippen LogP contribution in [0, 0.1) is 0 Å². The predicted octanol–water partition coefficient (Wildman–Crippen LogP) is -0.859. The molecule has 41 heavy (non-hydrogen) atoms. The molecule has 0 bridgehead atoms. The molecule has 1 saturated carbocycles. The lowest BCUT2D eigenvalue weighted by atomic mass is 9.63. The number of fused-ring (bicyclic) bond motifs is 2. The minimum Gasteiger partial charge on any atom is -0.390 e. The Labute approximate surface area is 242 Å². The second-order valence-electron chi connectivity index (χ2n) is 12.0. The van der Waals surface area contributed by atoms with Gasteiger partial charge in [0.2, 0.25) is 12.1 Å². The summed E-state index contributed by atoms with van der Waals surface area (Å²) in [6, 6.07) is 5.26. The number of likely N-dealkylation sites (N-methyl/N-ethyl adjacent to an activating group) is 2. The van der Waals surface area contributed by atoms with Gasteiger partial charge in [-0.3, -0.25) is 0 Å². The van der Waals surface area contributed by atoms with Crippen LogP contribution in [-0.2, 0) is 35.6 Å². The van der Waals surface area contributed by atoms with Gasteiger partial charge < -0.3 is 54.0 Å². The highest BCUT2D eigenvalue weighted by atomic mass is 32.2. The summed E-state index contributed by atoms with van der Waals surface area (Å²) in [5, 5.41) is 42.0. The van der Waals surface area contributed by atoms with E-state index in [1.807, 2.05) is 11.8 Å². The zero-order valence-electron chi connectivity index (χ0n) is 24.9. The number of rotatable bonds is 9. The van der Waals surface area contributed by atoms with Crippen LogP contribution in [0.5, 0.6) is 5.75 Å². The summed E-state index contributed by atoms with van der Waals surface area (Å²) in [5.41, 5.74) is -3.66. The van der Waals surface area contributed by atoms with E-state index < -0.39 is 69.4 Å². The average Bonchev–Trinajstić information content (AvgIpc) is 2.84. The van der Waals surface area contributed by atoms with E-state index in [0.29, 0.717) is 6.54 Å². The lowest BCUT2D eigenvalue weighted by molar-refractivity contribution is -0.522. The molecule has 14 heteroatoms. The van der Waals surface area contributed by atoms with Crippen LogP contribution in [0.25, 0.3) is 0 Å². The first kappa shape index (κ1) is 32.5. The zero-order valence-corrected chi connectivity index (χ0v) is 25.8. The van der Waals surface area contributed by atoms with Crippen molar-refractivity contribution < 1.29 is 46.9 Å². The third-order valence-corrected chi connectivity index (χ3v) is 9.35. The number of aliphatic hydroxyl groups is 3. The highest BCUT2D eigenvalue weighted by Gasteiger charge is 2.76. The van der Waals surface area contributed by atoms with Crippen molar-refractivity contribution in [2.45, 2.75) is 93.0 Å². The van der Waals surface area contributed by atoms with E-state index in [9.17, 15) is 23.7 Å². The van der Waals surface area contributed by atoms with E-state index in [1.165, 1.54) is 19.2 Å². The Morgan fingerprint density at radius 1 is 1.15 bits per heavy atom. The van der Waals surface area contributed by atoms with E-state index in [2.05, 4.69) is 10.6 Å². The minimum absolute atomic E-state index is 0.0341. The summed E-state index contributed by atoms with van der Waals surface area (Å²) in [6.45, 7) is 5.54. The molecular weight excluding hydrogens is 558 g/mol. The van der Waals surface area contributed by atoms with Gasteiger partial charge in [-0.15, -0.1) is 0 Å². The molecule has 234 valence electrons. The third kappa shape index (κ3) is 5.53. The molecule has 13 nitrogen and oxygen atoms in total. The van der Waals surface area contributed by atoms with E-state index >= 15 is 0 Å². The molecule has 3 aliphatic rings. The Balaban J connectivity index is 1.62. The monoisotopic (exact) mass is 603 g/mol. The molecule has 2 heterocycles. The number of benzene rings is 1. The maximum absolute atomic E-state index is 12.2. The first-order chi connectivity index (χ1) is 18.9. The fraction of sp³-hybridized carbons (Fsp3) is 0.778. The molecule has 3 fully saturated rings. The molecule has 1 unspecified atom stereocenters. The molecule has 1 aliphatic carbocycles. The van der Waals surface area contributed by atoms with E-state index in [4.69, 9.17) is 23.1 Å². The summed E-state index contributed by atoms with van der Waals surface area (Å²) >= 11 is 0. The molecule has 1 aromatic rings. The van der Waals surface area contributed by atoms with Crippen molar-refractivity contribution in [2.24, 2.45) is 0 Å². The molecule has 0 aromatic heterocycles. The molecule has 2 aliphatic heterocycles. The smallest absolute Gasteiger partial charge is 0.306 e. The quantitative estimate of drug-likeness (QED) is 0.221. The molecule has 2 saturated heterocycles. The molecule has 0 amide bonds. The van der Waals surface area contributed by atoms with Crippen molar-refractivity contribution in [3.63, 3.8) is 0 Å². The van der Waals surface area contributed by atoms with Gasteiger partial charge in [-0.05, 0) is 59.6 Å².